The van der Waals surface area contributed by atoms with Crippen molar-refractivity contribution in [2.45, 2.75) is 18.4 Å². The van der Waals surface area contributed by atoms with Crippen molar-refractivity contribution >= 4 is 26.0 Å². The number of sulfonamides is 1. The number of furan rings is 1. The first-order valence-electron chi connectivity index (χ1n) is 5.33. The highest BCUT2D eigenvalue weighted by Gasteiger charge is 2.27. The van der Waals surface area contributed by atoms with Crippen molar-refractivity contribution in [3.8, 4) is 12.3 Å². The zero-order chi connectivity index (χ0) is 13.8. The van der Waals surface area contributed by atoms with Crippen molar-refractivity contribution in [3.63, 3.8) is 0 Å². The number of hydrogen-bond acceptors (Lipinski definition) is 4. The molecule has 0 aliphatic carbocycles. The van der Waals surface area contributed by atoms with Gasteiger partial charge in [0.15, 0.2) is 4.67 Å². The van der Waals surface area contributed by atoms with Crippen molar-refractivity contribution in [1.82, 2.24) is 9.62 Å². The zero-order valence-electron chi connectivity index (χ0n) is 10.2. The maximum atomic E-state index is 12.3. The number of nitrogens with zero attached hydrogens (tertiary/aromatic N) is 1. The molecule has 0 aromatic carbocycles. The second-order valence-electron chi connectivity index (χ2n) is 3.52. The summed E-state index contributed by atoms with van der Waals surface area (Å²) in [5.74, 6) is 2.88. The Labute approximate surface area is 116 Å². The summed E-state index contributed by atoms with van der Waals surface area (Å²) in [6.45, 7) is 2.54. The van der Waals surface area contributed by atoms with Gasteiger partial charge in [0.25, 0.3) is 0 Å². The Balaban J connectivity index is 3.15. The molecule has 1 rings (SSSR count). The standard InChI is InChI=1S/C11H15BrN2O3S/c1-4-6-14(5-2)18(15,16)10-7-9(8-13-3)17-11(10)12/h1,7,13H,5-6,8H2,2-3H3. The normalized spacial score (nSPS) is 11.7. The average Bonchev–Trinajstić information content (AvgIpc) is 2.68. The zero-order valence-corrected chi connectivity index (χ0v) is 12.6. The van der Waals surface area contributed by atoms with Gasteiger partial charge in [-0.1, -0.05) is 12.8 Å². The lowest BCUT2D eigenvalue weighted by Gasteiger charge is -2.16. The fourth-order valence-corrected chi connectivity index (χ4v) is 3.77. The van der Waals surface area contributed by atoms with Crippen molar-refractivity contribution in [3.05, 3.63) is 16.5 Å². The number of halogens is 1. The molecule has 1 N–H and O–H groups in total. The van der Waals surface area contributed by atoms with E-state index < -0.39 is 10.0 Å². The highest BCUT2D eigenvalue weighted by Crippen LogP contribution is 2.28. The highest BCUT2D eigenvalue weighted by atomic mass is 79.9. The molecule has 0 saturated carbocycles. The van der Waals surface area contributed by atoms with E-state index in [4.69, 9.17) is 10.8 Å². The molecule has 1 heterocycles. The smallest absolute Gasteiger partial charge is 0.248 e. The largest absolute Gasteiger partial charge is 0.452 e. The van der Waals surface area contributed by atoms with Crippen LogP contribution in [-0.2, 0) is 16.6 Å². The summed E-state index contributed by atoms with van der Waals surface area (Å²) in [6, 6.07) is 1.50. The Morgan fingerprint density at radius 3 is 2.78 bits per heavy atom. The van der Waals surface area contributed by atoms with Gasteiger partial charge in [-0.25, -0.2) is 8.42 Å². The number of rotatable bonds is 6. The molecule has 0 spiro atoms. The van der Waals surface area contributed by atoms with E-state index in [0.29, 0.717) is 18.8 Å². The van der Waals surface area contributed by atoms with Crippen molar-refractivity contribution in [1.29, 1.82) is 0 Å². The molecule has 0 unspecified atom stereocenters. The van der Waals surface area contributed by atoms with Crippen LogP contribution in [0.25, 0.3) is 0 Å². The Bertz CT molecular complexity index is 545. The van der Waals surface area contributed by atoms with Crippen LogP contribution in [0.3, 0.4) is 0 Å². The fourth-order valence-electron chi connectivity index (χ4n) is 1.44. The van der Waals surface area contributed by atoms with E-state index in [2.05, 4.69) is 27.2 Å². The monoisotopic (exact) mass is 334 g/mol. The van der Waals surface area contributed by atoms with Crippen LogP contribution in [0.5, 0.6) is 0 Å². The molecule has 0 saturated heterocycles. The van der Waals surface area contributed by atoms with Gasteiger partial charge >= 0.3 is 0 Å². The summed E-state index contributed by atoms with van der Waals surface area (Å²) in [6.07, 6.45) is 5.17. The second kappa shape index (κ2) is 6.38. The molecule has 100 valence electrons. The van der Waals surface area contributed by atoms with Gasteiger partial charge in [-0.15, -0.1) is 6.42 Å². The Morgan fingerprint density at radius 2 is 2.28 bits per heavy atom. The van der Waals surface area contributed by atoms with Crippen LogP contribution in [0.2, 0.25) is 0 Å². The molecule has 0 fully saturated rings. The average molecular weight is 335 g/mol. The predicted molar refractivity (Wildman–Crippen MR) is 72.4 cm³/mol. The van der Waals surface area contributed by atoms with Gasteiger partial charge in [0.2, 0.25) is 10.0 Å². The summed E-state index contributed by atoms with van der Waals surface area (Å²) in [5, 5.41) is 2.89. The molecule has 0 radical (unpaired) electrons. The molecular formula is C11H15BrN2O3S. The third-order valence-electron chi connectivity index (χ3n) is 2.30. The Hall–Kier alpha value is -0.810. The highest BCUT2D eigenvalue weighted by molar-refractivity contribution is 9.10. The van der Waals surface area contributed by atoms with Gasteiger partial charge in [-0.2, -0.15) is 4.31 Å². The summed E-state index contributed by atoms with van der Waals surface area (Å²) in [5.41, 5.74) is 0. The van der Waals surface area contributed by atoms with E-state index in [1.54, 1.807) is 14.0 Å². The van der Waals surface area contributed by atoms with Gasteiger partial charge in [0.05, 0.1) is 13.1 Å². The summed E-state index contributed by atoms with van der Waals surface area (Å²) >= 11 is 3.12. The quantitative estimate of drug-likeness (QED) is 0.799. The molecule has 0 amide bonds. The first-order chi connectivity index (χ1) is 8.47. The molecule has 5 nitrogen and oxygen atoms in total. The molecule has 1 aromatic rings. The number of hydrogen-bond donors (Lipinski definition) is 1. The van der Waals surface area contributed by atoms with E-state index in [9.17, 15) is 8.42 Å². The minimum atomic E-state index is -3.62. The maximum Gasteiger partial charge on any atom is 0.248 e. The van der Waals surface area contributed by atoms with Crippen LogP contribution in [0.1, 0.15) is 12.7 Å². The van der Waals surface area contributed by atoms with Crippen LogP contribution in [0, 0.1) is 12.3 Å². The first kappa shape index (κ1) is 15.2. The molecule has 0 bridgehead atoms. The SMILES string of the molecule is C#CCN(CC)S(=O)(=O)c1cc(CNC)oc1Br. The lowest BCUT2D eigenvalue weighted by molar-refractivity contribution is 0.453. The topological polar surface area (TPSA) is 62.6 Å². The van der Waals surface area contributed by atoms with Crippen LogP contribution in [0.15, 0.2) is 20.0 Å². The Kier molecular flexibility index (Phi) is 5.41. The molecule has 0 aliphatic rings. The van der Waals surface area contributed by atoms with E-state index >= 15 is 0 Å². The molecule has 7 heteroatoms. The van der Waals surface area contributed by atoms with E-state index in [1.807, 2.05) is 0 Å². The fraction of sp³-hybridized carbons (Fsp3) is 0.455. The number of terminal acetylenes is 1. The van der Waals surface area contributed by atoms with Gasteiger partial charge in [-0.05, 0) is 23.0 Å². The van der Waals surface area contributed by atoms with Gasteiger partial charge in [0.1, 0.15) is 10.7 Å². The minimum absolute atomic E-state index is 0.0395. The summed E-state index contributed by atoms with van der Waals surface area (Å²) in [7, 11) is -1.87. The molecule has 0 atom stereocenters. The molecule has 0 aliphatic heterocycles. The van der Waals surface area contributed by atoms with Gasteiger partial charge < -0.3 is 9.73 Å². The second-order valence-corrected chi connectivity index (χ2v) is 6.14. The molecular weight excluding hydrogens is 320 g/mol. The van der Waals surface area contributed by atoms with E-state index in [0.717, 1.165) is 0 Å². The van der Waals surface area contributed by atoms with Crippen molar-refractivity contribution < 1.29 is 12.8 Å². The first-order valence-corrected chi connectivity index (χ1v) is 7.57. The molecule has 18 heavy (non-hydrogen) atoms. The predicted octanol–water partition coefficient (Wildman–Crippen LogP) is 1.41. The van der Waals surface area contributed by atoms with Crippen LogP contribution in [0.4, 0.5) is 0 Å². The lowest BCUT2D eigenvalue weighted by Crippen LogP contribution is -2.31. The third kappa shape index (κ3) is 3.14. The van der Waals surface area contributed by atoms with Crippen molar-refractivity contribution in [2.75, 3.05) is 20.1 Å². The third-order valence-corrected chi connectivity index (χ3v) is 5.07. The lowest BCUT2D eigenvalue weighted by atomic mass is 10.4. The van der Waals surface area contributed by atoms with Gasteiger partial charge in [-0.3, -0.25) is 0 Å². The summed E-state index contributed by atoms with van der Waals surface area (Å²) < 4.78 is 31.3. The van der Waals surface area contributed by atoms with Crippen LogP contribution in [-0.4, -0.2) is 32.9 Å². The van der Waals surface area contributed by atoms with E-state index in [1.165, 1.54) is 10.4 Å². The maximum absolute atomic E-state index is 12.3. The van der Waals surface area contributed by atoms with Gasteiger partial charge in [0, 0.05) is 12.6 Å². The molecule has 1 aromatic heterocycles. The van der Waals surface area contributed by atoms with E-state index in [-0.39, 0.29) is 16.1 Å². The number of nitrogens with one attached hydrogen (secondary N) is 1. The summed E-state index contributed by atoms with van der Waals surface area (Å²) in [4.78, 5) is 0.102. The van der Waals surface area contributed by atoms with Crippen molar-refractivity contribution in [2.24, 2.45) is 0 Å². The Morgan fingerprint density at radius 1 is 1.61 bits per heavy atom. The van der Waals surface area contributed by atoms with Crippen LogP contribution < -0.4 is 5.32 Å². The van der Waals surface area contributed by atoms with Crippen LogP contribution >= 0.6 is 15.9 Å². The minimum Gasteiger partial charge on any atom is -0.452 e.